The predicted octanol–water partition coefficient (Wildman–Crippen LogP) is 2.06. The van der Waals surface area contributed by atoms with E-state index in [0.717, 1.165) is 24.3 Å². The summed E-state index contributed by atoms with van der Waals surface area (Å²) in [5.74, 6) is 1.05. The molecule has 1 heterocycles. The smallest absolute Gasteiger partial charge is 0.120 e. The molecule has 2 atom stereocenters. The van der Waals surface area contributed by atoms with Crippen LogP contribution in [0.3, 0.4) is 0 Å². The van der Waals surface area contributed by atoms with Gasteiger partial charge in [-0.15, -0.1) is 0 Å². The van der Waals surface area contributed by atoms with E-state index >= 15 is 0 Å². The Bertz CT molecular complexity index is 422. The van der Waals surface area contributed by atoms with Crippen molar-refractivity contribution in [3.05, 3.63) is 23.8 Å². The SMILES string of the molecule is COc1ccc(O)c(CNC2(C)CCOC2C)c1. The Morgan fingerprint density at radius 3 is 2.94 bits per heavy atom. The van der Waals surface area contributed by atoms with Crippen LogP contribution in [0.5, 0.6) is 11.5 Å². The Kier molecular flexibility index (Phi) is 3.78. The van der Waals surface area contributed by atoms with Crippen LogP contribution in [0.25, 0.3) is 0 Å². The summed E-state index contributed by atoms with van der Waals surface area (Å²) in [5, 5.41) is 13.3. The van der Waals surface area contributed by atoms with Gasteiger partial charge in [-0.05, 0) is 38.5 Å². The number of aromatic hydroxyl groups is 1. The molecule has 1 fully saturated rings. The van der Waals surface area contributed by atoms with Crippen LogP contribution in [0, 0.1) is 0 Å². The van der Waals surface area contributed by atoms with Gasteiger partial charge in [-0.3, -0.25) is 0 Å². The van der Waals surface area contributed by atoms with E-state index in [9.17, 15) is 5.11 Å². The first-order valence-electron chi connectivity index (χ1n) is 6.28. The molecular weight excluding hydrogens is 230 g/mol. The second kappa shape index (κ2) is 5.16. The molecule has 0 aromatic heterocycles. The number of ether oxygens (including phenoxy) is 2. The van der Waals surface area contributed by atoms with Crippen molar-refractivity contribution in [3.8, 4) is 11.5 Å². The monoisotopic (exact) mass is 251 g/mol. The van der Waals surface area contributed by atoms with Crippen LogP contribution in [-0.2, 0) is 11.3 Å². The Balaban J connectivity index is 2.05. The predicted molar refractivity (Wildman–Crippen MR) is 69.9 cm³/mol. The van der Waals surface area contributed by atoms with Crippen molar-refractivity contribution < 1.29 is 14.6 Å². The van der Waals surface area contributed by atoms with Gasteiger partial charge in [-0.25, -0.2) is 0 Å². The number of methoxy groups -OCH3 is 1. The van der Waals surface area contributed by atoms with E-state index in [1.807, 2.05) is 6.07 Å². The van der Waals surface area contributed by atoms with Crippen molar-refractivity contribution in [1.29, 1.82) is 0 Å². The van der Waals surface area contributed by atoms with Gasteiger partial charge in [-0.1, -0.05) is 0 Å². The van der Waals surface area contributed by atoms with Crippen LogP contribution in [0.15, 0.2) is 18.2 Å². The summed E-state index contributed by atoms with van der Waals surface area (Å²) in [6.45, 7) is 5.62. The molecule has 100 valence electrons. The van der Waals surface area contributed by atoms with Crippen molar-refractivity contribution in [3.63, 3.8) is 0 Å². The highest BCUT2D eigenvalue weighted by molar-refractivity contribution is 5.39. The highest BCUT2D eigenvalue weighted by Crippen LogP contribution is 2.28. The molecule has 0 saturated carbocycles. The van der Waals surface area contributed by atoms with Gasteiger partial charge in [0.1, 0.15) is 11.5 Å². The van der Waals surface area contributed by atoms with E-state index in [-0.39, 0.29) is 11.6 Å². The van der Waals surface area contributed by atoms with Gasteiger partial charge in [0.15, 0.2) is 0 Å². The Labute approximate surface area is 108 Å². The maximum atomic E-state index is 9.83. The fraction of sp³-hybridized carbons (Fsp3) is 0.571. The quantitative estimate of drug-likeness (QED) is 0.860. The fourth-order valence-electron chi connectivity index (χ4n) is 2.19. The first-order valence-corrected chi connectivity index (χ1v) is 6.28. The highest BCUT2D eigenvalue weighted by atomic mass is 16.5. The topological polar surface area (TPSA) is 50.7 Å². The molecule has 0 bridgehead atoms. The van der Waals surface area contributed by atoms with E-state index in [4.69, 9.17) is 9.47 Å². The molecule has 0 radical (unpaired) electrons. The maximum absolute atomic E-state index is 9.83. The van der Waals surface area contributed by atoms with Gasteiger partial charge in [0.05, 0.1) is 13.2 Å². The molecule has 4 heteroatoms. The normalized spacial score (nSPS) is 27.4. The summed E-state index contributed by atoms with van der Waals surface area (Å²) >= 11 is 0. The molecule has 0 aliphatic carbocycles. The molecule has 1 aliphatic rings. The second-order valence-corrected chi connectivity index (χ2v) is 5.03. The molecule has 1 aromatic rings. The average molecular weight is 251 g/mol. The highest BCUT2D eigenvalue weighted by Gasteiger charge is 2.36. The molecule has 1 aromatic carbocycles. The number of benzene rings is 1. The molecule has 4 nitrogen and oxygen atoms in total. The van der Waals surface area contributed by atoms with E-state index in [2.05, 4.69) is 19.2 Å². The van der Waals surface area contributed by atoms with E-state index in [1.165, 1.54) is 0 Å². The lowest BCUT2D eigenvalue weighted by Gasteiger charge is -2.29. The lowest BCUT2D eigenvalue weighted by atomic mass is 9.94. The molecule has 2 N–H and O–H groups in total. The standard InChI is InChI=1S/C14H21NO3/c1-10-14(2,6-7-18-10)15-9-11-8-12(17-3)4-5-13(11)16/h4-5,8,10,15-16H,6-7,9H2,1-3H3. The molecule has 1 aliphatic heterocycles. The lowest BCUT2D eigenvalue weighted by molar-refractivity contribution is 0.0880. The number of hydrogen-bond acceptors (Lipinski definition) is 4. The minimum absolute atomic E-state index is 0.0322. The summed E-state index contributed by atoms with van der Waals surface area (Å²) in [6.07, 6.45) is 1.17. The fourth-order valence-corrected chi connectivity index (χ4v) is 2.19. The molecule has 0 amide bonds. The molecule has 2 rings (SSSR count). The van der Waals surface area contributed by atoms with Crippen molar-refractivity contribution in [1.82, 2.24) is 5.32 Å². The van der Waals surface area contributed by atoms with Gasteiger partial charge < -0.3 is 19.9 Å². The third-order valence-corrected chi connectivity index (χ3v) is 3.86. The summed E-state index contributed by atoms with van der Waals surface area (Å²) in [5.41, 5.74) is 0.810. The maximum Gasteiger partial charge on any atom is 0.120 e. The molecular formula is C14H21NO3. The summed E-state index contributed by atoms with van der Waals surface area (Å²) < 4.78 is 10.7. The van der Waals surface area contributed by atoms with Gasteiger partial charge in [0, 0.05) is 24.3 Å². The Morgan fingerprint density at radius 2 is 2.33 bits per heavy atom. The van der Waals surface area contributed by atoms with Crippen molar-refractivity contribution in [2.24, 2.45) is 0 Å². The Morgan fingerprint density at radius 1 is 1.56 bits per heavy atom. The number of rotatable bonds is 4. The van der Waals surface area contributed by atoms with Crippen LogP contribution in [0.2, 0.25) is 0 Å². The zero-order chi connectivity index (χ0) is 13.2. The van der Waals surface area contributed by atoms with Crippen LogP contribution >= 0.6 is 0 Å². The first kappa shape index (κ1) is 13.2. The first-order chi connectivity index (χ1) is 8.55. The number of hydrogen-bond donors (Lipinski definition) is 2. The summed E-state index contributed by atoms with van der Waals surface area (Å²) in [6, 6.07) is 5.26. The van der Waals surface area contributed by atoms with E-state index < -0.39 is 0 Å². The van der Waals surface area contributed by atoms with Gasteiger partial charge in [-0.2, -0.15) is 0 Å². The van der Waals surface area contributed by atoms with Gasteiger partial charge in [0.2, 0.25) is 0 Å². The van der Waals surface area contributed by atoms with Crippen LogP contribution in [0.1, 0.15) is 25.8 Å². The van der Waals surface area contributed by atoms with Crippen molar-refractivity contribution in [2.45, 2.75) is 38.5 Å². The third-order valence-electron chi connectivity index (χ3n) is 3.86. The zero-order valence-electron chi connectivity index (χ0n) is 11.2. The molecule has 2 unspecified atom stereocenters. The van der Waals surface area contributed by atoms with Gasteiger partial charge >= 0.3 is 0 Å². The van der Waals surface area contributed by atoms with Crippen LogP contribution in [-0.4, -0.2) is 30.5 Å². The minimum atomic E-state index is -0.0322. The van der Waals surface area contributed by atoms with Crippen LogP contribution < -0.4 is 10.1 Å². The Hall–Kier alpha value is -1.26. The second-order valence-electron chi connectivity index (χ2n) is 5.03. The van der Waals surface area contributed by atoms with E-state index in [0.29, 0.717) is 12.3 Å². The molecule has 18 heavy (non-hydrogen) atoms. The van der Waals surface area contributed by atoms with E-state index in [1.54, 1.807) is 19.2 Å². The number of phenols is 1. The minimum Gasteiger partial charge on any atom is -0.508 e. The summed E-state index contributed by atoms with van der Waals surface area (Å²) in [4.78, 5) is 0. The zero-order valence-corrected chi connectivity index (χ0v) is 11.2. The van der Waals surface area contributed by atoms with Crippen molar-refractivity contribution in [2.75, 3.05) is 13.7 Å². The molecule has 0 spiro atoms. The third kappa shape index (κ3) is 2.60. The number of nitrogens with one attached hydrogen (secondary N) is 1. The van der Waals surface area contributed by atoms with Crippen molar-refractivity contribution >= 4 is 0 Å². The average Bonchev–Trinajstić information content (AvgIpc) is 2.69. The largest absolute Gasteiger partial charge is 0.508 e. The van der Waals surface area contributed by atoms with Crippen LogP contribution in [0.4, 0.5) is 0 Å². The van der Waals surface area contributed by atoms with Gasteiger partial charge in [0.25, 0.3) is 0 Å². The summed E-state index contributed by atoms with van der Waals surface area (Å²) in [7, 11) is 1.62. The lowest BCUT2D eigenvalue weighted by Crippen LogP contribution is -2.47. The molecule has 1 saturated heterocycles. The number of phenolic OH excluding ortho intramolecular Hbond substituents is 1.